The number of rotatable bonds is 5. The van der Waals surface area contributed by atoms with Gasteiger partial charge in [0, 0.05) is 10.4 Å². The van der Waals surface area contributed by atoms with E-state index in [0.717, 1.165) is 29.7 Å². The van der Waals surface area contributed by atoms with Crippen LogP contribution in [-0.2, 0) is 0 Å². The van der Waals surface area contributed by atoms with E-state index in [1.54, 1.807) is 0 Å². The normalized spacial score (nSPS) is 13.4. The predicted molar refractivity (Wildman–Crippen MR) is 74.5 cm³/mol. The highest BCUT2D eigenvalue weighted by Crippen LogP contribution is 2.27. The molecule has 0 saturated heterocycles. The van der Waals surface area contributed by atoms with Crippen molar-refractivity contribution >= 4 is 22.6 Å². The second-order valence-electron chi connectivity index (χ2n) is 4.64. The molecule has 0 bridgehead atoms. The lowest BCUT2D eigenvalue weighted by Gasteiger charge is -2.16. The predicted octanol–water partition coefficient (Wildman–Crippen LogP) is 2.54. The second-order valence-corrected chi connectivity index (χ2v) is 5.08. The Morgan fingerprint density at radius 3 is 2.83 bits per heavy atom. The van der Waals surface area contributed by atoms with E-state index in [4.69, 9.17) is 21.9 Å². The fraction of sp³-hybridized carbons (Fsp3) is 0.385. The zero-order valence-corrected chi connectivity index (χ0v) is 11.4. The number of fused-ring (bicyclic) bond motifs is 1. The van der Waals surface area contributed by atoms with Gasteiger partial charge in [0.15, 0.2) is 0 Å². The topological polar surface area (TPSA) is 54.4 Å². The number of halogens is 1. The maximum absolute atomic E-state index is 5.96. The van der Waals surface area contributed by atoms with Gasteiger partial charge in [0.05, 0.1) is 6.04 Å². The summed E-state index contributed by atoms with van der Waals surface area (Å²) in [4.78, 5) is 2.11. The average Bonchev–Trinajstić information content (AvgIpc) is 2.72. The summed E-state index contributed by atoms with van der Waals surface area (Å²) in [6.07, 6.45) is 0.886. The van der Waals surface area contributed by atoms with Crippen LogP contribution in [0.3, 0.4) is 0 Å². The molecule has 0 aliphatic carbocycles. The standard InChI is InChI=1S/C13H18ClN3O/c1-17(2)6-5-11(16-15)13-8-9-7-10(14)3-4-12(9)18-13/h3-4,7-8,11,16H,5-6,15H2,1-2H3. The molecule has 1 unspecified atom stereocenters. The molecule has 0 saturated carbocycles. The number of nitrogens with zero attached hydrogens (tertiary/aromatic N) is 1. The Bertz CT molecular complexity index is 524. The van der Waals surface area contributed by atoms with Crippen LogP contribution in [0.1, 0.15) is 18.2 Å². The van der Waals surface area contributed by atoms with Gasteiger partial charge in [-0.25, -0.2) is 5.43 Å². The molecular formula is C13H18ClN3O. The van der Waals surface area contributed by atoms with Gasteiger partial charge in [0.25, 0.3) is 0 Å². The maximum atomic E-state index is 5.96. The number of hydrogen-bond acceptors (Lipinski definition) is 4. The van der Waals surface area contributed by atoms with E-state index in [9.17, 15) is 0 Å². The Morgan fingerprint density at radius 1 is 1.39 bits per heavy atom. The summed E-state index contributed by atoms with van der Waals surface area (Å²) in [7, 11) is 4.07. The van der Waals surface area contributed by atoms with E-state index < -0.39 is 0 Å². The molecule has 1 atom stereocenters. The van der Waals surface area contributed by atoms with Crippen LogP contribution in [0.15, 0.2) is 28.7 Å². The van der Waals surface area contributed by atoms with Crippen LogP contribution in [0.2, 0.25) is 5.02 Å². The van der Waals surface area contributed by atoms with Crippen LogP contribution in [0, 0.1) is 0 Å². The average molecular weight is 268 g/mol. The van der Waals surface area contributed by atoms with Gasteiger partial charge < -0.3 is 9.32 Å². The second kappa shape index (κ2) is 5.71. The largest absolute Gasteiger partial charge is 0.459 e. The Morgan fingerprint density at radius 2 is 2.17 bits per heavy atom. The van der Waals surface area contributed by atoms with Gasteiger partial charge in [-0.05, 0) is 51.3 Å². The van der Waals surface area contributed by atoms with Crippen LogP contribution in [0.4, 0.5) is 0 Å². The fourth-order valence-electron chi connectivity index (χ4n) is 1.90. The molecule has 98 valence electrons. The molecular weight excluding hydrogens is 250 g/mol. The van der Waals surface area contributed by atoms with E-state index in [0.29, 0.717) is 5.02 Å². The van der Waals surface area contributed by atoms with Crippen molar-refractivity contribution in [3.63, 3.8) is 0 Å². The number of benzene rings is 1. The third-order valence-corrected chi connectivity index (χ3v) is 3.14. The number of hydrazine groups is 1. The van der Waals surface area contributed by atoms with Gasteiger partial charge in [-0.2, -0.15) is 0 Å². The van der Waals surface area contributed by atoms with Crippen molar-refractivity contribution in [2.24, 2.45) is 5.84 Å². The molecule has 4 nitrogen and oxygen atoms in total. The van der Waals surface area contributed by atoms with Gasteiger partial charge in [-0.15, -0.1) is 0 Å². The Kier molecular flexibility index (Phi) is 4.24. The molecule has 0 amide bonds. The Hall–Kier alpha value is -1.07. The summed E-state index contributed by atoms with van der Waals surface area (Å²) in [5.74, 6) is 6.43. The summed E-state index contributed by atoms with van der Waals surface area (Å²) in [5.41, 5.74) is 3.63. The first-order valence-electron chi connectivity index (χ1n) is 5.90. The summed E-state index contributed by atoms with van der Waals surface area (Å²) < 4.78 is 5.79. The van der Waals surface area contributed by atoms with Gasteiger partial charge >= 0.3 is 0 Å². The van der Waals surface area contributed by atoms with Gasteiger partial charge in [-0.1, -0.05) is 11.6 Å². The van der Waals surface area contributed by atoms with Gasteiger partial charge in [0.2, 0.25) is 0 Å². The number of furan rings is 1. The zero-order valence-electron chi connectivity index (χ0n) is 10.6. The minimum Gasteiger partial charge on any atom is -0.459 e. The summed E-state index contributed by atoms with van der Waals surface area (Å²) in [5, 5.41) is 1.71. The van der Waals surface area contributed by atoms with E-state index >= 15 is 0 Å². The third-order valence-electron chi connectivity index (χ3n) is 2.91. The fourth-order valence-corrected chi connectivity index (χ4v) is 2.08. The lowest BCUT2D eigenvalue weighted by Crippen LogP contribution is -2.30. The van der Waals surface area contributed by atoms with Gasteiger partial charge in [0.1, 0.15) is 11.3 Å². The van der Waals surface area contributed by atoms with Crippen molar-refractivity contribution in [1.82, 2.24) is 10.3 Å². The highest BCUT2D eigenvalue weighted by molar-refractivity contribution is 6.31. The molecule has 1 heterocycles. The number of nitrogens with two attached hydrogens (primary N) is 1. The smallest absolute Gasteiger partial charge is 0.134 e. The van der Waals surface area contributed by atoms with Gasteiger partial charge in [-0.3, -0.25) is 5.84 Å². The first kappa shape index (κ1) is 13.4. The molecule has 2 rings (SSSR count). The minimum atomic E-state index is 0.0126. The van der Waals surface area contributed by atoms with Crippen LogP contribution >= 0.6 is 11.6 Å². The molecule has 0 radical (unpaired) electrons. The molecule has 3 N–H and O–H groups in total. The highest BCUT2D eigenvalue weighted by Gasteiger charge is 2.15. The van der Waals surface area contributed by atoms with Crippen LogP contribution in [0.25, 0.3) is 11.0 Å². The summed E-state index contributed by atoms with van der Waals surface area (Å²) >= 11 is 5.96. The summed E-state index contributed by atoms with van der Waals surface area (Å²) in [6, 6.07) is 7.59. The van der Waals surface area contributed by atoms with E-state index in [2.05, 4.69) is 10.3 Å². The first-order chi connectivity index (χ1) is 8.60. The van der Waals surface area contributed by atoms with Crippen molar-refractivity contribution in [3.05, 3.63) is 35.0 Å². The van der Waals surface area contributed by atoms with Crippen molar-refractivity contribution in [2.75, 3.05) is 20.6 Å². The quantitative estimate of drug-likeness (QED) is 0.646. The van der Waals surface area contributed by atoms with Crippen LogP contribution in [0.5, 0.6) is 0 Å². The maximum Gasteiger partial charge on any atom is 0.134 e. The molecule has 5 heteroatoms. The summed E-state index contributed by atoms with van der Waals surface area (Å²) in [6.45, 7) is 0.937. The van der Waals surface area contributed by atoms with Crippen molar-refractivity contribution in [3.8, 4) is 0 Å². The van der Waals surface area contributed by atoms with E-state index in [-0.39, 0.29) is 6.04 Å². The first-order valence-corrected chi connectivity index (χ1v) is 6.28. The molecule has 0 aliphatic rings. The molecule has 18 heavy (non-hydrogen) atoms. The molecule has 1 aromatic carbocycles. The third kappa shape index (κ3) is 3.03. The zero-order chi connectivity index (χ0) is 13.1. The highest BCUT2D eigenvalue weighted by atomic mass is 35.5. The van der Waals surface area contributed by atoms with E-state index in [1.165, 1.54) is 0 Å². The Balaban J connectivity index is 2.22. The SMILES string of the molecule is CN(C)CCC(NN)c1cc2cc(Cl)ccc2o1. The van der Waals surface area contributed by atoms with Crippen molar-refractivity contribution < 1.29 is 4.42 Å². The number of hydrogen-bond donors (Lipinski definition) is 2. The van der Waals surface area contributed by atoms with Crippen LogP contribution in [-0.4, -0.2) is 25.5 Å². The molecule has 0 aliphatic heterocycles. The lowest BCUT2D eigenvalue weighted by atomic mass is 10.1. The lowest BCUT2D eigenvalue weighted by molar-refractivity contribution is 0.339. The molecule has 0 spiro atoms. The molecule has 0 fully saturated rings. The van der Waals surface area contributed by atoms with E-state index in [1.807, 2.05) is 38.4 Å². The molecule has 2 aromatic rings. The van der Waals surface area contributed by atoms with Crippen molar-refractivity contribution in [1.29, 1.82) is 0 Å². The van der Waals surface area contributed by atoms with Crippen LogP contribution < -0.4 is 11.3 Å². The molecule has 1 aromatic heterocycles. The number of nitrogens with one attached hydrogen (secondary N) is 1. The van der Waals surface area contributed by atoms with Crippen molar-refractivity contribution in [2.45, 2.75) is 12.5 Å². The monoisotopic (exact) mass is 267 g/mol. The minimum absolute atomic E-state index is 0.0126. The Labute approximate surface area is 112 Å².